The summed E-state index contributed by atoms with van der Waals surface area (Å²) in [6.45, 7) is -0.000609. The van der Waals surface area contributed by atoms with E-state index in [0.717, 1.165) is 11.3 Å². The van der Waals surface area contributed by atoms with Gasteiger partial charge in [0.1, 0.15) is 17.2 Å². The van der Waals surface area contributed by atoms with Crippen molar-refractivity contribution in [2.45, 2.75) is 6.61 Å². The first-order valence-electron chi connectivity index (χ1n) is 5.35. The molecule has 0 aliphatic carbocycles. The standard InChI is InChI=1S/C12H8BrNO5S/c13-8-2-1-7(10(3-8)14(17)18)5-19-9-4-11(12(15)16)20-6-9/h1-4,6H,5H2,(H,15,16). The number of rotatable bonds is 5. The highest BCUT2D eigenvalue weighted by molar-refractivity contribution is 9.10. The fraction of sp³-hybridized carbons (Fsp3) is 0.0833. The van der Waals surface area contributed by atoms with Crippen LogP contribution >= 0.6 is 27.3 Å². The molecule has 8 heteroatoms. The van der Waals surface area contributed by atoms with Crippen molar-refractivity contribution in [3.63, 3.8) is 0 Å². The van der Waals surface area contributed by atoms with Crippen molar-refractivity contribution in [3.05, 3.63) is 54.7 Å². The number of nitro groups is 1. The smallest absolute Gasteiger partial charge is 0.346 e. The van der Waals surface area contributed by atoms with Gasteiger partial charge in [0.25, 0.3) is 5.69 Å². The number of hydrogen-bond donors (Lipinski definition) is 1. The molecule has 0 amide bonds. The van der Waals surface area contributed by atoms with Crippen LogP contribution in [0.25, 0.3) is 0 Å². The molecule has 2 rings (SSSR count). The summed E-state index contributed by atoms with van der Waals surface area (Å²) in [7, 11) is 0. The molecule has 1 aromatic heterocycles. The van der Waals surface area contributed by atoms with Crippen molar-refractivity contribution in [1.82, 2.24) is 0 Å². The van der Waals surface area contributed by atoms with Crippen LogP contribution in [0.3, 0.4) is 0 Å². The molecule has 0 saturated heterocycles. The van der Waals surface area contributed by atoms with Crippen molar-refractivity contribution in [3.8, 4) is 5.75 Å². The summed E-state index contributed by atoms with van der Waals surface area (Å²) in [5, 5.41) is 21.3. The lowest BCUT2D eigenvalue weighted by Crippen LogP contribution is -2.00. The molecule has 2 aromatic rings. The van der Waals surface area contributed by atoms with Gasteiger partial charge < -0.3 is 9.84 Å². The summed E-state index contributed by atoms with van der Waals surface area (Å²) in [6, 6.07) is 6.06. The average molecular weight is 358 g/mol. The van der Waals surface area contributed by atoms with E-state index in [1.54, 1.807) is 17.5 Å². The molecule has 0 radical (unpaired) electrons. The number of carbonyl (C=O) groups is 1. The lowest BCUT2D eigenvalue weighted by Gasteiger charge is -2.05. The highest BCUT2D eigenvalue weighted by Gasteiger charge is 2.15. The largest absolute Gasteiger partial charge is 0.488 e. The van der Waals surface area contributed by atoms with Crippen LogP contribution in [0.15, 0.2) is 34.1 Å². The minimum Gasteiger partial charge on any atom is -0.488 e. The lowest BCUT2D eigenvalue weighted by atomic mass is 10.2. The van der Waals surface area contributed by atoms with E-state index in [1.807, 2.05) is 0 Å². The summed E-state index contributed by atoms with van der Waals surface area (Å²) in [6.07, 6.45) is 0. The first-order valence-corrected chi connectivity index (χ1v) is 7.02. The van der Waals surface area contributed by atoms with E-state index in [4.69, 9.17) is 9.84 Å². The molecule has 0 atom stereocenters. The Labute approximate surface area is 125 Å². The van der Waals surface area contributed by atoms with Gasteiger partial charge in [-0.15, -0.1) is 11.3 Å². The Morgan fingerprint density at radius 3 is 2.80 bits per heavy atom. The van der Waals surface area contributed by atoms with Crippen molar-refractivity contribution in [1.29, 1.82) is 0 Å². The number of aromatic carboxylic acids is 1. The third-order valence-electron chi connectivity index (χ3n) is 2.42. The Bertz CT molecular complexity index is 670. The maximum Gasteiger partial charge on any atom is 0.346 e. The maximum absolute atomic E-state index is 10.9. The van der Waals surface area contributed by atoms with Crippen LogP contribution in [-0.2, 0) is 6.61 Å². The van der Waals surface area contributed by atoms with Crippen LogP contribution in [0, 0.1) is 10.1 Å². The SMILES string of the molecule is O=C(O)c1cc(OCc2ccc(Br)cc2[N+](=O)[O-])cs1. The molecule has 0 aliphatic heterocycles. The summed E-state index contributed by atoms with van der Waals surface area (Å²) >= 11 is 4.21. The Morgan fingerprint density at radius 1 is 1.45 bits per heavy atom. The number of ether oxygens (including phenoxy) is 1. The number of thiophene rings is 1. The molecule has 104 valence electrons. The first kappa shape index (κ1) is 14.5. The Balaban J connectivity index is 2.14. The molecular formula is C12H8BrNO5S. The van der Waals surface area contributed by atoms with Crippen molar-refractivity contribution < 1.29 is 19.6 Å². The van der Waals surface area contributed by atoms with Crippen LogP contribution in [0.5, 0.6) is 5.75 Å². The predicted octanol–water partition coefficient (Wildman–Crippen LogP) is 3.70. The summed E-state index contributed by atoms with van der Waals surface area (Å²) in [4.78, 5) is 21.3. The second-order valence-electron chi connectivity index (χ2n) is 3.77. The van der Waals surface area contributed by atoms with Gasteiger partial charge in [-0.2, -0.15) is 0 Å². The zero-order valence-electron chi connectivity index (χ0n) is 9.91. The number of carboxylic acids is 1. The molecule has 0 unspecified atom stereocenters. The van der Waals surface area contributed by atoms with Gasteiger partial charge >= 0.3 is 5.97 Å². The normalized spacial score (nSPS) is 10.2. The van der Waals surface area contributed by atoms with Gasteiger partial charge in [0, 0.05) is 22.0 Å². The van der Waals surface area contributed by atoms with E-state index in [1.165, 1.54) is 12.1 Å². The van der Waals surface area contributed by atoms with Crippen LogP contribution in [0.4, 0.5) is 5.69 Å². The van der Waals surface area contributed by atoms with Gasteiger partial charge in [0.2, 0.25) is 0 Å². The van der Waals surface area contributed by atoms with Gasteiger partial charge in [-0.3, -0.25) is 10.1 Å². The summed E-state index contributed by atoms with van der Waals surface area (Å²) < 4.78 is 5.99. The minimum absolute atomic E-state index is 0.000609. The second kappa shape index (κ2) is 6.02. The molecule has 1 heterocycles. The highest BCUT2D eigenvalue weighted by atomic mass is 79.9. The first-order chi connectivity index (χ1) is 9.47. The number of carboxylic acid groups (broad SMARTS) is 1. The van der Waals surface area contributed by atoms with Gasteiger partial charge in [-0.25, -0.2) is 4.79 Å². The van der Waals surface area contributed by atoms with E-state index < -0.39 is 10.9 Å². The molecule has 0 spiro atoms. The Kier molecular flexibility index (Phi) is 4.35. The Hall–Kier alpha value is -1.93. The van der Waals surface area contributed by atoms with Crippen LogP contribution < -0.4 is 4.74 Å². The third-order valence-corrected chi connectivity index (χ3v) is 3.81. The molecule has 1 aromatic carbocycles. The molecule has 0 fully saturated rings. The number of nitrogens with zero attached hydrogens (tertiary/aromatic N) is 1. The molecule has 1 N–H and O–H groups in total. The van der Waals surface area contributed by atoms with Crippen molar-refractivity contribution >= 4 is 38.9 Å². The van der Waals surface area contributed by atoms with E-state index in [0.29, 0.717) is 15.8 Å². The van der Waals surface area contributed by atoms with E-state index in [2.05, 4.69) is 15.9 Å². The predicted molar refractivity (Wildman–Crippen MR) is 76.4 cm³/mol. The van der Waals surface area contributed by atoms with Crippen LogP contribution in [0.2, 0.25) is 0 Å². The zero-order chi connectivity index (χ0) is 14.7. The topological polar surface area (TPSA) is 89.7 Å². The quantitative estimate of drug-likeness (QED) is 0.650. The molecule has 0 bridgehead atoms. The monoisotopic (exact) mass is 357 g/mol. The fourth-order valence-electron chi connectivity index (χ4n) is 1.50. The number of benzene rings is 1. The molecule has 0 aliphatic rings. The molecule has 20 heavy (non-hydrogen) atoms. The van der Waals surface area contributed by atoms with E-state index in [9.17, 15) is 14.9 Å². The second-order valence-corrected chi connectivity index (χ2v) is 5.60. The number of hydrogen-bond acceptors (Lipinski definition) is 5. The molecule has 6 nitrogen and oxygen atoms in total. The van der Waals surface area contributed by atoms with Gasteiger partial charge in [-0.05, 0) is 12.1 Å². The number of nitro benzene ring substituents is 1. The number of halogens is 1. The van der Waals surface area contributed by atoms with Gasteiger partial charge in [-0.1, -0.05) is 15.9 Å². The third kappa shape index (κ3) is 3.34. The minimum atomic E-state index is -1.03. The van der Waals surface area contributed by atoms with Crippen molar-refractivity contribution in [2.24, 2.45) is 0 Å². The maximum atomic E-state index is 10.9. The molecule has 0 saturated carbocycles. The van der Waals surface area contributed by atoms with Crippen molar-refractivity contribution in [2.75, 3.05) is 0 Å². The lowest BCUT2D eigenvalue weighted by molar-refractivity contribution is -0.385. The van der Waals surface area contributed by atoms with Crippen LogP contribution in [-0.4, -0.2) is 16.0 Å². The fourth-order valence-corrected chi connectivity index (χ4v) is 2.51. The molecular weight excluding hydrogens is 350 g/mol. The van der Waals surface area contributed by atoms with Crippen LogP contribution in [0.1, 0.15) is 15.2 Å². The van der Waals surface area contributed by atoms with E-state index in [-0.39, 0.29) is 17.2 Å². The highest BCUT2D eigenvalue weighted by Crippen LogP contribution is 2.26. The van der Waals surface area contributed by atoms with Gasteiger partial charge in [0.15, 0.2) is 0 Å². The average Bonchev–Trinajstić information content (AvgIpc) is 2.86. The van der Waals surface area contributed by atoms with Gasteiger partial charge in [0.05, 0.1) is 10.5 Å². The Morgan fingerprint density at radius 2 is 2.20 bits per heavy atom. The van der Waals surface area contributed by atoms with E-state index >= 15 is 0 Å². The zero-order valence-corrected chi connectivity index (χ0v) is 12.3. The summed E-state index contributed by atoms with van der Waals surface area (Å²) in [5.74, 6) is -0.649. The summed E-state index contributed by atoms with van der Waals surface area (Å²) in [5.41, 5.74) is 0.370.